The van der Waals surface area contributed by atoms with E-state index in [9.17, 15) is 0 Å². The van der Waals surface area contributed by atoms with Gasteiger partial charge in [0.25, 0.3) is 0 Å². The molecular weight excluding hydrogens is 326 g/mol. The first-order chi connectivity index (χ1) is 10.1. The van der Waals surface area contributed by atoms with E-state index in [-0.39, 0.29) is 0 Å². The smallest absolute Gasteiger partial charge is 0.0698 e. The zero-order valence-corrected chi connectivity index (χ0v) is 14.6. The number of hydrogen-bond donors (Lipinski definition) is 1. The summed E-state index contributed by atoms with van der Waals surface area (Å²) in [7, 11) is 0. The van der Waals surface area contributed by atoms with Crippen LogP contribution in [0.2, 0.25) is 0 Å². The van der Waals surface area contributed by atoms with E-state index in [0.717, 1.165) is 23.9 Å². The lowest BCUT2D eigenvalue weighted by atomic mass is 10.0. The van der Waals surface area contributed by atoms with Gasteiger partial charge in [0.15, 0.2) is 0 Å². The average molecular weight is 350 g/mol. The zero-order chi connectivity index (χ0) is 15.2. The van der Waals surface area contributed by atoms with Gasteiger partial charge in [-0.25, -0.2) is 0 Å². The third-order valence-electron chi connectivity index (χ3n) is 3.62. The van der Waals surface area contributed by atoms with Crippen molar-refractivity contribution in [1.82, 2.24) is 15.1 Å². The molecule has 3 nitrogen and oxygen atoms in total. The summed E-state index contributed by atoms with van der Waals surface area (Å²) in [5, 5.41) is 8.10. The quantitative estimate of drug-likeness (QED) is 0.796. The summed E-state index contributed by atoms with van der Waals surface area (Å²) >= 11 is 3.66. The molecule has 0 aliphatic rings. The van der Waals surface area contributed by atoms with Gasteiger partial charge in [-0.2, -0.15) is 5.10 Å². The van der Waals surface area contributed by atoms with Crippen molar-refractivity contribution in [3.63, 3.8) is 0 Å². The van der Waals surface area contributed by atoms with Crippen LogP contribution in [0.3, 0.4) is 0 Å². The Morgan fingerprint density at radius 2 is 1.95 bits per heavy atom. The van der Waals surface area contributed by atoms with Crippen LogP contribution in [-0.4, -0.2) is 16.3 Å². The molecule has 0 radical (unpaired) electrons. The van der Waals surface area contributed by atoms with E-state index in [1.165, 1.54) is 11.3 Å². The summed E-state index contributed by atoms with van der Waals surface area (Å²) in [6.07, 6.45) is 4.03. The van der Waals surface area contributed by atoms with Crippen molar-refractivity contribution in [3.05, 3.63) is 52.3 Å². The van der Waals surface area contributed by atoms with Crippen molar-refractivity contribution in [1.29, 1.82) is 0 Å². The first kappa shape index (κ1) is 16.2. The van der Waals surface area contributed by atoms with Gasteiger partial charge in [-0.3, -0.25) is 4.68 Å². The largest absolute Gasteiger partial charge is 0.309 e. The number of benzene rings is 1. The molecule has 4 heteroatoms. The fourth-order valence-electron chi connectivity index (χ4n) is 2.63. The summed E-state index contributed by atoms with van der Waals surface area (Å²) in [5.74, 6) is 0. The molecule has 1 aromatic carbocycles. The second-order valence-corrected chi connectivity index (χ2v) is 6.40. The molecule has 2 aromatic rings. The van der Waals surface area contributed by atoms with Crippen LogP contribution >= 0.6 is 15.9 Å². The lowest BCUT2D eigenvalue weighted by Crippen LogP contribution is -2.25. The Labute approximate surface area is 135 Å². The van der Waals surface area contributed by atoms with E-state index in [1.807, 2.05) is 6.20 Å². The molecule has 0 aliphatic carbocycles. The molecule has 2 rings (SSSR count). The molecule has 0 spiro atoms. The maximum Gasteiger partial charge on any atom is 0.0698 e. The minimum atomic E-state index is 0.314. The molecule has 1 unspecified atom stereocenters. The molecule has 0 aliphatic heterocycles. The number of nitrogens with one attached hydrogen (secondary N) is 1. The summed E-state index contributed by atoms with van der Waals surface area (Å²) in [5.41, 5.74) is 2.63. The van der Waals surface area contributed by atoms with E-state index < -0.39 is 0 Å². The summed E-state index contributed by atoms with van der Waals surface area (Å²) in [6, 6.07) is 11.3. The van der Waals surface area contributed by atoms with Gasteiger partial charge in [-0.1, -0.05) is 37.3 Å². The van der Waals surface area contributed by atoms with E-state index in [2.05, 4.69) is 82.1 Å². The number of nitrogens with zero attached hydrogens (tertiary/aromatic N) is 2. The fourth-order valence-corrected chi connectivity index (χ4v) is 3.18. The zero-order valence-electron chi connectivity index (χ0n) is 13.0. The average Bonchev–Trinajstić information content (AvgIpc) is 2.86. The second-order valence-electron chi connectivity index (χ2n) is 5.55. The molecule has 0 fully saturated rings. The Kier molecular flexibility index (Phi) is 6.00. The van der Waals surface area contributed by atoms with Crippen molar-refractivity contribution in [2.45, 2.75) is 45.7 Å². The Morgan fingerprint density at radius 3 is 2.57 bits per heavy atom. The molecule has 1 N–H and O–H groups in total. The number of halogens is 1. The van der Waals surface area contributed by atoms with Crippen molar-refractivity contribution < 1.29 is 0 Å². The molecule has 1 atom stereocenters. The molecule has 0 bridgehead atoms. The van der Waals surface area contributed by atoms with Crippen LogP contribution in [0, 0.1) is 0 Å². The highest BCUT2D eigenvalue weighted by Gasteiger charge is 2.20. The Bertz CT molecular complexity index is 548. The van der Waals surface area contributed by atoms with Crippen LogP contribution < -0.4 is 5.32 Å². The predicted molar refractivity (Wildman–Crippen MR) is 91.5 cm³/mol. The molecule has 0 saturated heterocycles. The van der Waals surface area contributed by atoms with Gasteiger partial charge in [0.05, 0.1) is 22.4 Å². The number of rotatable bonds is 7. The third kappa shape index (κ3) is 4.17. The van der Waals surface area contributed by atoms with Crippen LogP contribution in [-0.2, 0) is 6.42 Å². The van der Waals surface area contributed by atoms with Gasteiger partial charge in [-0.05, 0) is 54.7 Å². The number of hydrogen-bond acceptors (Lipinski definition) is 2. The second kappa shape index (κ2) is 7.76. The molecular formula is C17H24BrN3. The lowest BCUT2D eigenvalue weighted by molar-refractivity contribution is 0.432. The highest BCUT2D eigenvalue weighted by molar-refractivity contribution is 9.10. The van der Waals surface area contributed by atoms with Gasteiger partial charge in [-0.15, -0.1) is 0 Å². The molecule has 21 heavy (non-hydrogen) atoms. The van der Waals surface area contributed by atoms with E-state index in [4.69, 9.17) is 0 Å². The van der Waals surface area contributed by atoms with E-state index >= 15 is 0 Å². The normalized spacial score (nSPS) is 12.8. The van der Waals surface area contributed by atoms with E-state index in [1.54, 1.807) is 0 Å². The predicted octanol–water partition coefficient (Wildman–Crippen LogP) is 4.51. The molecule has 0 amide bonds. The number of aryl methyl sites for hydroxylation is 1. The van der Waals surface area contributed by atoms with Crippen LogP contribution in [0.4, 0.5) is 0 Å². The van der Waals surface area contributed by atoms with Gasteiger partial charge < -0.3 is 5.32 Å². The summed E-state index contributed by atoms with van der Waals surface area (Å²) < 4.78 is 3.21. The summed E-state index contributed by atoms with van der Waals surface area (Å²) in [6.45, 7) is 7.45. The standard InChI is InChI=1S/C17H24BrN3/c1-4-19-16(11-10-14-8-6-5-7-9-14)17-15(18)12-20-21(17)13(2)3/h5-9,12-13,16,19H,4,10-11H2,1-3H3. The van der Waals surface area contributed by atoms with Crippen molar-refractivity contribution >= 4 is 15.9 Å². The third-order valence-corrected chi connectivity index (χ3v) is 4.23. The Balaban J connectivity index is 2.17. The monoisotopic (exact) mass is 349 g/mol. The maximum absolute atomic E-state index is 4.50. The summed E-state index contributed by atoms with van der Waals surface area (Å²) in [4.78, 5) is 0. The highest BCUT2D eigenvalue weighted by Crippen LogP contribution is 2.28. The van der Waals surface area contributed by atoms with Gasteiger partial charge in [0.2, 0.25) is 0 Å². The Morgan fingerprint density at radius 1 is 1.24 bits per heavy atom. The maximum atomic E-state index is 4.50. The highest BCUT2D eigenvalue weighted by atomic mass is 79.9. The SMILES string of the molecule is CCNC(CCc1ccccc1)c1c(Br)cnn1C(C)C. The molecule has 0 saturated carbocycles. The first-order valence-corrected chi connectivity index (χ1v) is 8.43. The van der Waals surface area contributed by atoms with Gasteiger partial charge in [0.1, 0.15) is 0 Å². The molecule has 1 heterocycles. The minimum absolute atomic E-state index is 0.314. The van der Waals surface area contributed by atoms with Gasteiger partial charge in [0, 0.05) is 6.04 Å². The first-order valence-electron chi connectivity index (χ1n) is 7.63. The topological polar surface area (TPSA) is 29.9 Å². The van der Waals surface area contributed by atoms with Gasteiger partial charge >= 0.3 is 0 Å². The Hall–Kier alpha value is -1.13. The van der Waals surface area contributed by atoms with E-state index in [0.29, 0.717) is 12.1 Å². The fraction of sp³-hybridized carbons (Fsp3) is 0.471. The molecule has 1 aromatic heterocycles. The lowest BCUT2D eigenvalue weighted by Gasteiger charge is -2.22. The van der Waals surface area contributed by atoms with Crippen LogP contribution in [0.25, 0.3) is 0 Å². The van der Waals surface area contributed by atoms with Crippen LogP contribution in [0.15, 0.2) is 41.0 Å². The van der Waals surface area contributed by atoms with Crippen LogP contribution in [0.1, 0.15) is 50.5 Å². The number of aromatic nitrogens is 2. The van der Waals surface area contributed by atoms with Crippen molar-refractivity contribution in [3.8, 4) is 0 Å². The van der Waals surface area contributed by atoms with Crippen LogP contribution in [0.5, 0.6) is 0 Å². The van der Waals surface area contributed by atoms with Crippen molar-refractivity contribution in [2.24, 2.45) is 0 Å². The minimum Gasteiger partial charge on any atom is -0.309 e. The molecule has 114 valence electrons. The van der Waals surface area contributed by atoms with Crippen molar-refractivity contribution in [2.75, 3.05) is 6.54 Å².